The fourth-order valence-electron chi connectivity index (χ4n) is 1.32. The van der Waals surface area contributed by atoms with Crippen molar-refractivity contribution in [3.05, 3.63) is 47.0 Å². The molecule has 0 N–H and O–H groups in total. The molecule has 15 heavy (non-hydrogen) atoms. The molecule has 1 aliphatic rings. The topological polar surface area (TPSA) is 9.23 Å². The van der Waals surface area contributed by atoms with Crippen LogP contribution in [0.3, 0.4) is 0 Å². The van der Waals surface area contributed by atoms with Crippen molar-refractivity contribution in [1.82, 2.24) is 0 Å². The lowest BCUT2D eigenvalue weighted by Gasteiger charge is -2.13. The molecule has 0 saturated heterocycles. The van der Waals surface area contributed by atoms with E-state index in [-0.39, 0.29) is 0 Å². The van der Waals surface area contributed by atoms with Crippen LogP contribution in [0.5, 0.6) is 0 Å². The molecule has 1 heterocycles. The summed E-state index contributed by atoms with van der Waals surface area (Å²) in [6.07, 6.45) is 1.13. The molecule has 0 unspecified atom stereocenters. The normalized spacial score (nSPS) is 15.7. The Hall–Kier alpha value is -1.08. The number of benzene rings is 1. The first-order valence-electron chi connectivity index (χ1n) is 5.45. The van der Waals surface area contributed by atoms with E-state index in [4.69, 9.17) is 4.74 Å². The van der Waals surface area contributed by atoms with Crippen molar-refractivity contribution in [3.8, 4) is 0 Å². The van der Waals surface area contributed by atoms with Crippen LogP contribution in [0.25, 0.3) is 0 Å². The number of ether oxygens (including phenoxy) is 1. The van der Waals surface area contributed by atoms with Gasteiger partial charge in [0.15, 0.2) is 0 Å². The van der Waals surface area contributed by atoms with Crippen LogP contribution in [0.1, 0.15) is 25.8 Å². The molecule has 0 spiro atoms. The first-order chi connectivity index (χ1) is 7.20. The molecule has 1 nitrogen and oxygen atoms in total. The van der Waals surface area contributed by atoms with E-state index in [1.54, 1.807) is 0 Å². The van der Waals surface area contributed by atoms with Crippen molar-refractivity contribution in [2.75, 3.05) is 13.2 Å². The summed E-state index contributed by atoms with van der Waals surface area (Å²) in [6, 6.07) is 10.3. The maximum Gasteiger partial charge on any atom is 0.0676 e. The summed E-state index contributed by atoms with van der Waals surface area (Å²) >= 11 is 0. The second kappa shape index (κ2) is 6.41. The third-order valence-electron chi connectivity index (χ3n) is 2.61. The summed E-state index contributed by atoms with van der Waals surface area (Å²) in [6.45, 7) is 8.17. The minimum atomic E-state index is 0.853. The number of hydrogen-bond donors (Lipinski definition) is 0. The maximum absolute atomic E-state index is 5.19. The molecule has 2 rings (SSSR count). The summed E-state index contributed by atoms with van der Waals surface area (Å²) in [4.78, 5) is 0. The second-order valence-electron chi connectivity index (χ2n) is 4.02. The van der Waals surface area contributed by atoms with Gasteiger partial charge >= 0.3 is 0 Å². The molecule has 0 aromatic heterocycles. The van der Waals surface area contributed by atoms with Gasteiger partial charge in [0, 0.05) is 0 Å². The fourth-order valence-corrected chi connectivity index (χ4v) is 1.32. The van der Waals surface area contributed by atoms with Gasteiger partial charge in [0.05, 0.1) is 13.2 Å². The summed E-state index contributed by atoms with van der Waals surface area (Å²) < 4.78 is 5.19. The van der Waals surface area contributed by atoms with Crippen LogP contribution in [0.4, 0.5) is 0 Å². The van der Waals surface area contributed by atoms with E-state index >= 15 is 0 Å². The molecule has 0 radical (unpaired) electrons. The van der Waals surface area contributed by atoms with E-state index in [0.717, 1.165) is 19.6 Å². The van der Waals surface area contributed by atoms with Gasteiger partial charge < -0.3 is 4.74 Å². The molecule has 0 saturated carbocycles. The van der Waals surface area contributed by atoms with Gasteiger partial charge in [-0.05, 0) is 32.8 Å². The van der Waals surface area contributed by atoms with Crippen molar-refractivity contribution < 1.29 is 4.74 Å². The highest BCUT2D eigenvalue weighted by Crippen LogP contribution is 2.12. The maximum atomic E-state index is 5.19. The molecule has 1 aromatic rings. The quantitative estimate of drug-likeness (QED) is 0.585. The third kappa shape index (κ3) is 4.80. The second-order valence-corrected chi connectivity index (χ2v) is 4.02. The number of rotatable bonds is 0. The molecule has 0 aliphatic carbocycles. The molecule has 0 fully saturated rings. The molecule has 0 atom stereocenters. The Labute approximate surface area is 92.8 Å². The Morgan fingerprint density at radius 3 is 1.93 bits per heavy atom. The summed E-state index contributed by atoms with van der Waals surface area (Å²) in [5.74, 6) is 0. The van der Waals surface area contributed by atoms with Crippen LogP contribution >= 0.6 is 0 Å². The standard InChI is InChI=1S/C7H12O.C7H8/c1-6-3-4-8-5-7(6)2;1-7-5-3-2-4-6-7/h3-5H2,1-2H3;2-6H,1H3. The van der Waals surface area contributed by atoms with E-state index < -0.39 is 0 Å². The molecule has 0 amide bonds. The Morgan fingerprint density at radius 1 is 0.933 bits per heavy atom. The Balaban J connectivity index is 0.000000151. The van der Waals surface area contributed by atoms with Crippen LogP contribution < -0.4 is 0 Å². The smallest absolute Gasteiger partial charge is 0.0676 e. The lowest BCUT2D eigenvalue weighted by Crippen LogP contribution is -2.06. The van der Waals surface area contributed by atoms with Crippen molar-refractivity contribution in [3.63, 3.8) is 0 Å². The molecule has 82 valence electrons. The lowest BCUT2D eigenvalue weighted by molar-refractivity contribution is 0.146. The monoisotopic (exact) mass is 204 g/mol. The van der Waals surface area contributed by atoms with E-state index in [2.05, 4.69) is 32.9 Å². The van der Waals surface area contributed by atoms with Gasteiger partial charge in [-0.2, -0.15) is 0 Å². The van der Waals surface area contributed by atoms with Crippen LogP contribution in [0.15, 0.2) is 41.5 Å². The zero-order valence-electron chi connectivity index (χ0n) is 9.92. The van der Waals surface area contributed by atoms with E-state index in [1.807, 2.05) is 18.2 Å². The highest BCUT2D eigenvalue weighted by molar-refractivity contribution is 5.12. The Bertz CT molecular complexity index is 297. The Morgan fingerprint density at radius 2 is 1.60 bits per heavy atom. The molecule has 1 heteroatoms. The van der Waals surface area contributed by atoms with E-state index in [1.165, 1.54) is 16.7 Å². The third-order valence-corrected chi connectivity index (χ3v) is 2.61. The average molecular weight is 204 g/mol. The molecular formula is C14H20O. The SMILES string of the molecule is CC1=C(C)COCC1.Cc1ccccc1. The number of hydrogen-bond acceptors (Lipinski definition) is 1. The predicted octanol–water partition coefficient (Wildman–Crippen LogP) is 3.74. The fraction of sp³-hybridized carbons (Fsp3) is 0.429. The van der Waals surface area contributed by atoms with Crippen molar-refractivity contribution in [2.45, 2.75) is 27.2 Å². The summed E-state index contributed by atoms with van der Waals surface area (Å²) in [5.41, 5.74) is 4.25. The van der Waals surface area contributed by atoms with Crippen LogP contribution in [-0.4, -0.2) is 13.2 Å². The van der Waals surface area contributed by atoms with Crippen LogP contribution in [-0.2, 0) is 4.74 Å². The Kier molecular flexibility index (Phi) is 5.13. The first kappa shape index (κ1) is 12.0. The average Bonchev–Trinajstić information content (AvgIpc) is 2.25. The van der Waals surface area contributed by atoms with Crippen molar-refractivity contribution in [2.24, 2.45) is 0 Å². The first-order valence-corrected chi connectivity index (χ1v) is 5.45. The van der Waals surface area contributed by atoms with Crippen molar-refractivity contribution >= 4 is 0 Å². The largest absolute Gasteiger partial charge is 0.377 e. The zero-order valence-corrected chi connectivity index (χ0v) is 9.92. The highest BCUT2D eigenvalue weighted by Gasteiger charge is 2.02. The minimum Gasteiger partial charge on any atom is -0.377 e. The van der Waals surface area contributed by atoms with E-state index in [9.17, 15) is 0 Å². The lowest BCUT2D eigenvalue weighted by atomic mass is 10.1. The predicted molar refractivity (Wildman–Crippen MR) is 65.0 cm³/mol. The van der Waals surface area contributed by atoms with Crippen LogP contribution in [0.2, 0.25) is 0 Å². The van der Waals surface area contributed by atoms with E-state index in [0.29, 0.717) is 0 Å². The highest BCUT2D eigenvalue weighted by atomic mass is 16.5. The molecule has 1 aromatic carbocycles. The van der Waals surface area contributed by atoms with Gasteiger partial charge in [-0.3, -0.25) is 0 Å². The van der Waals surface area contributed by atoms with Gasteiger partial charge in [0.2, 0.25) is 0 Å². The van der Waals surface area contributed by atoms with Crippen molar-refractivity contribution in [1.29, 1.82) is 0 Å². The van der Waals surface area contributed by atoms with Gasteiger partial charge in [0.25, 0.3) is 0 Å². The number of aryl methyl sites for hydroxylation is 1. The molecule has 0 bridgehead atoms. The summed E-state index contributed by atoms with van der Waals surface area (Å²) in [5, 5.41) is 0. The minimum absolute atomic E-state index is 0.853. The summed E-state index contributed by atoms with van der Waals surface area (Å²) in [7, 11) is 0. The zero-order chi connectivity index (χ0) is 11.1. The van der Waals surface area contributed by atoms with Gasteiger partial charge in [-0.25, -0.2) is 0 Å². The van der Waals surface area contributed by atoms with Gasteiger partial charge in [-0.15, -0.1) is 0 Å². The van der Waals surface area contributed by atoms with Gasteiger partial charge in [0.1, 0.15) is 0 Å². The van der Waals surface area contributed by atoms with Gasteiger partial charge in [-0.1, -0.05) is 41.5 Å². The van der Waals surface area contributed by atoms with Crippen LogP contribution in [0, 0.1) is 6.92 Å². The molecule has 1 aliphatic heterocycles. The molecular weight excluding hydrogens is 184 g/mol.